The molecular formula is C16H17N5O3S. The van der Waals surface area contributed by atoms with E-state index < -0.39 is 0 Å². The Bertz CT molecular complexity index is 847. The Morgan fingerprint density at radius 3 is 2.88 bits per heavy atom. The number of hydrogen-bond acceptors (Lipinski definition) is 6. The van der Waals surface area contributed by atoms with Gasteiger partial charge in [0, 0.05) is 5.38 Å². The van der Waals surface area contributed by atoms with E-state index in [-0.39, 0.29) is 12.6 Å². The van der Waals surface area contributed by atoms with Crippen LogP contribution in [0.3, 0.4) is 0 Å². The number of rotatable bonds is 6. The molecule has 1 aromatic carbocycles. The third-order valence-electron chi connectivity index (χ3n) is 3.39. The van der Waals surface area contributed by atoms with E-state index in [0.717, 1.165) is 5.69 Å². The molecule has 0 spiro atoms. The third kappa shape index (κ3) is 3.89. The number of methoxy groups -OCH3 is 2. The van der Waals surface area contributed by atoms with Crippen molar-refractivity contribution in [3.63, 3.8) is 0 Å². The molecule has 0 atom stereocenters. The van der Waals surface area contributed by atoms with E-state index >= 15 is 0 Å². The monoisotopic (exact) mass is 359 g/mol. The molecule has 0 bridgehead atoms. The predicted octanol–water partition coefficient (Wildman–Crippen LogP) is 2.67. The van der Waals surface area contributed by atoms with Crippen molar-refractivity contribution in [3.8, 4) is 17.2 Å². The first-order chi connectivity index (χ1) is 12.2. The van der Waals surface area contributed by atoms with Crippen molar-refractivity contribution in [1.29, 1.82) is 0 Å². The van der Waals surface area contributed by atoms with Crippen LogP contribution in [0.15, 0.2) is 41.2 Å². The Hall–Kier alpha value is -3.07. The lowest BCUT2D eigenvalue weighted by molar-refractivity contribution is 0.251. The van der Waals surface area contributed by atoms with Gasteiger partial charge in [0.1, 0.15) is 5.69 Å². The summed E-state index contributed by atoms with van der Waals surface area (Å²) in [6.45, 7) is 0.252. The highest BCUT2D eigenvalue weighted by atomic mass is 32.1. The highest BCUT2D eigenvalue weighted by Gasteiger charge is 2.12. The predicted molar refractivity (Wildman–Crippen MR) is 94.6 cm³/mol. The summed E-state index contributed by atoms with van der Waals surface area (Å²) in [6, 6.07) is 6.82. The topological polar surface area (TPSA) is 90.3 Å². The minimum atomic E-state index is -0.378. The molecule has 0 fully saturated rings. The number of ether oxygens (including phenoxy) is 2. The van der Waals surface area contributed by atoms with Gasteiger partial charge in [-0.05, 0) is 23.6 Å². The van der Waals surface area contributed by atoms with Crippen LogP contribution in [-0.2, 0) is 6.54 Å². The number of para-hydroxylation sites is 1. The molecule has 2 amide bonds. The second-order valence-electron chi connectivity index (χ2n) is 4.98. The fraction of sp³-hybridized carbons (Fsp3) is 0.188. The molecule has 25 heavy (non-hydrogen) atoms. The van der Waals surface area contributed by atoms with Gasteiger partial charge in [0.2, 0.25) is 0 Å². The van der Waals surface area contributed by atoms with Crippen LogP contribution in [0.1, 0.15) is 5.69 Å². The normalized spacial score (nSPS) is 10.3. The highest BCUT2D eigenvalue weighted by molar-refractivity contribution is 7.08. The summed E-state index contributed by atoms with van der Waals surface area (Å²) in [5.41, 5.74) is 2.11. The number of anilines is 1. The van der Waals surface area contributed by atoms with Crippen LogP contribution in [0.25, 0.3) is 5.69 Å². The molecule has 9 heteroatoms. The molecule has 2 aromatic heterocycles. The zero-order valence-electron chi connectivity index (χ0n) is 13.7. The van der Waals surface area contributed by atoms with E-state index in [4.69, 9.17) is 9.47 Å². The van der Waals surface area contributed by atoms with Gasteiger partial charge >= 0.3 is 6.03 Å². The van der Waals surface area contributed by atoms with Crippen LogP contribution < -0.4 is 20.1 Å². The fourth-order valence-electron chi connectivity index (χ4n) is 2.22. The molecule has 0 saturated heterocycles. The van der Waals surface area contributed by atoms with Gasteiger partial charge in [0.05, 0.1) is 38.3 Å². The smallest absolute Gasteiger partial charge is 0.319 e. The maximum Gasteiger partial charge on any atom is 0.319 e. The van der Waals surface area contributed by atoms with Gasteiger partial charge in [-0.15, -0.1) is 5.10 Å². The Morgan fingerprint density at radius 1 is 1.28 bits per heavy atom. The summed E-state index contributed by atoms with van der Waals surface area (Å²) in [7, 11) is 3.06. The number of benzene rings is 1. The van der Waals surface area contributed by atoms with E-state index in [0.29, 0.717) is 22.9 Å². The molecular weight excluding hydrogens is 342 g/mol. The number of urea groups is 1. The van der Waals surface area contributed by atoms with Crippen LogP contribution in [0.5, 0.6) is 11.5 Å². The minimum Gasteiger partial charge on any atom is -0.493 e. The average molecular weight is 359 g/mol. The fourth-order valence-corrected chi connectivity index (χ4v) is 2.84. The van der Waals surface area contributed by atoms with E-state index in [2.05, 4.69) is 20.9 Å². The largest absolute Gasteiger partial charge is 0.493 e. The first-order valence-corrected chi connectivity index (χ1v) is 8.35. The van der Waals surface area contributed by atoms with Crippen LogP contribution in [0, 0.1) is 0 Å². The van der Waals surface area contributed by atoms with Crippen molar-refractivity contribution >= 4 is 23.1 Å². The Balaban J connectivity index is 1.60. The van der Waals surface area contributed by atoms with Crippen molar-refractivity contribution in [2.24, 2.45) is 0 Å². The van der Waals surface area contributed by atoms with Gasteiger partial charge in [-0.25, -0.2) is 9.48 Å². The maximum absolute atomic E-state index is 12.1. The molecule has 0 saturated carbocycles. The van der Waals surface area contributed by atoms with Crippen molar-refractivity contribution in [3.05, 3.63) is 46.9 Å². The van der Waals surface area contributed by atoms with Gasteiger partial charge in [-0.1, -0.05) is 11.3 Å². The SMILES string of the molecule is COc1cccc(NC(=O)NCc2cn(-c3ccsc3)nn2)c1OC. The number of carbonyl (C=O) groups is 1. The second-order valence-corrected chi connectivity index (χ2v) is 5.76. The van der Waals surface area contributed by atoms with Crippen LogP contribution in [0.4, 0.5) is 10.5 Å². The summed E-state index contributed by atoms with van der Waals surface area (Å²) >= 11 is 1.58. The third-order valence-corrected chi connectivity index (χ3v) is 4.06. The summed E-state index contributed by atoms with van der Waals surface area (Å²) in [4.78, 5) is 12.1. The molecule has 8 nitrogen and oxygen atoms in total. The summed E-state index contributed by atoms with van der Waals surface area (Å²) < 4.78 is 12.2. The molecule has 0 radical (unpaired) electrons. The van der Waals surface area contributed by atoms with Gasteiger partial charge in [0.15, 0.2) is 11.5 Å². The standard InChI is InChI=1S/C16H17N5O3S/c1-23-14-5-3-4-13(15(14)24-2)18-16(22)17-8-11-9-21(20-19-11)12-6-7-25-10-12/h3-7,9-10H,8H2,1-2H3,(H2,17,18,22). The van der Waals surface area contributed by atoms with Crippen LogP contribution in [-0.4, -0.2) is 35.2 Å². The number of nitrogens with one attached hydrogen (secondary N) is 2. The summed E-state index contributed by atoms with van der Waals surface area (Å²) in [6.07, 6.45) is 1.77. The lowest BCUT2D eigenvalue weighted by Gasteiger charge is -2.13. The maximum atomic E-state index is 12.1. The van der Waals surface area contributed by atoms with E-state index in [1.54, 1.807) is 47.5 Å². The minimum absolute atomic E-state index is 0.252. The van der Waals surface area contributed by atoms with Crippen LogP contribution in [0.2, 0.25) is 0 Å². The first kappa shape index (κ1) is 16.8. The van der Waals surface area contributed by atoms with Crippen LogP contribution >= 0.6 is 11.3 Å². The van der Waals surface area contributed by atoms with Gasteiger partial charge < -0.3 is 20.1 Å². The Labute approximate surface area is 148 Å². The van der Waals surface area contributed by atoms with Gasteiger partial charge in [-0.2, -0.15) is 11.3 Å². The van der Waals surface area contributed by atoms with Crippen molar-refractivity contribution in [2.45, 2.75) is 6.54 Å². The number of thiophene rings is 1. The second kappa shape index (κ2) is 7.67. The molecule has 3 rings (SSSR count). The van der Waals surface area contributed by atoms with E-state index in [9.17, 15) is 4.79 Å². The zero-order valence-corrected chi connectivity index (χ0v) is 14.5. The molecule has 0 aliphatic rings. The Kier molecular flexibility index (Phi) is 5.14. The first-order valence-electron chi connectivity index (χ1n) is 7.41. The van der Waals surface area contributed by atoms with Crippen molar-refractivity contribution < 1.29 is 14.3 Å². The molecule has 2 N–H and O–H groups in total. The molecule has 0 unspecified atom stereocenters. The van der Waals surface area contributed by atoms with Crippen molar-refractivity contribution in [1.82, 2.24) is 20.3 Å². The molecule has 0 aliphatic heterocycles. The van der Waals surface area contributed by atoms with E-state index in [1.807, 2.05) is 16.8 Å². The van der Waals surface area contributed by atoms with E-state index in [1.165, 1.54) is 7.11 Å². The van der Waals surface area contributed by atoms with Gasteiger partial charge in [-0.3, -0.25) is 0 Å². The molecule has 0 aliphatic carbocycles. The number of aromatic nitrogens is 3. The summed E-state index contributed by atoms with van der Waals surface area (Å²) in [5.74, 6) is 1.00. The lowest BCUT2D eigenvalue weighted by Crippen LogP contribution is -2.28. The molecule has 3 aromatic rings. The molecule has 2 heterocycles. The highest BCUT2D eigenvalue weighted by Crippen LogP contribution is 2.34. The lowest BCUT2D eigenvalue weighted by atomic mass is 10.2. The average Bonchev–Trinajstić information content (AvgIpc) is 3.31. The zero-order chi connectivity index (χ0) is 17.6. The van der Waals surface area contributed by atoms with Gasteiger partial charge in [0.25, 0.3) is 0 Å². The summed E-state index contributed by atoms with van der Waals surface area (Å²) in [5, 5.41) is 17.5. The molecule has 130 valence electrons. The number of nitrogens with zero attached hydrogens (tertiary/aromatic N) is 3. The van der Waals surface area contributed by atoms with Crippen molar-refractivity contribution in [2.75, 3.05) is 19.5 Å². The number of carbonyl (C=O) groups excluding carboxylic acids is 1. The Morgan fingerprint density at radius 2 is 2.16 bits per heavy atom. The number of amides is 2. The number of hydrogen-bond donors (Lipinski definition) is 2. The quantitative estimate of drug-likeness (QED) is 0.706.